The summed E-state index contributed by atoms with van der Waals surface area (Å²) < 4.78 is 19.0. The Morgan fingerprint density at radius 2 is 2.00 bits per heavy atom. The van der Waals surface area contributed by atoms with Gasteiger partial charge in [-0.1, -0.05) is 18.2 Å². The molecular formula is C11H20NO4P. The number of para-hydroxylation sites is 1. The summed E-state index contributed by atoms with van der Waals surface area (Å²) in [7, 11) is -2.64. The van der Waals surface area contributed by atoms with Crippen LogP contribution in [0.4, 0.5) is 0 Å². The molecule has 0 saturated heterocycles. The van der Waals surface area contributed by atoms with Gasteiger partial charge in [0.15, 0.2) is 0 Å². The van der Waals surface area contributed by atoms with Crippen LogP contribution in [0.5, 0.6) is 5.75 Å². The second-order valence-corrected chi connectivity index (χ2v) is 4.12. The largest absolute Gasteiger partial charge is 0.492 e. The Morgan fingerprint density at radius 3 is 2.35 bits per heavy atom. The first-order chi connectivity index (χ1) is 8.06. The predicted octanol–water partition coefficient (Wildman–Crippen LogP) is 1.82. The molecule has 0 aromatic heterocycles. The summed E-state index contributed by atoms with van der Waals surface area (Å²) in [6.45, 7) is 4.47. The van der Waals surface area contributed by atoms with E-state index in [-0.39, 0.29) is 6.04 Å². The van der Waals surface area contributed by atoms with Crippen LogP contribution in [0.15, 0.2) is 30.3 Å². The van der Waals surface area contributed by atoms with Crippen LogP contribution in [0.25, 0.3) is 0 Å². The maximum Gasteiger partial charge on any atom is 0.316 e. The number of benzene rings is 1. The first-order valence-corrected chi connectivity index (χ1v) is 6.61. The smallest absolute Gasteiger partial charge is 0.316 e. The van der Waals surface area contributed by atoms with Gasteiger partial charge < -0.3 is 19.9 Å². The molecule has 3 N–H and O–H groups in total. The lowest BCUT2D eigenvalue weighted by Crippen LogP contribution is -2.23. The summed E-state index contributed by atoms with van der Waals surface area (Å²) in [6, 6.07) is 9.77. The average molecular weight is 261 g/mol. The molecule has 0 aliphatic heterocycles. The third-order valence-corrected chi connectivity index (χ3v) is 2.06. The van der Waals surface area contributed by atoms with Crippen molar-refractivity contribution >= 4 is 8.25 Å². The van der Waals surface area contributed by atoms with Gasteiger partial charge in [0.1, 0.15) is 12.4 Å². The molecule has 1 aromatic rings. The van der Waals surface area contributed by atoms with Gasteiger partial charge in [0.2, 0.25) is 0 Å². The van der Waals surface area contributed by atoms with E-state index in [0.717, 1.165) is 5.75 Å². The first kappa shape index (κ1) is 16.1. The van der Waals surface area contributed by atoms with Gasteiger partial charge in [-0.3, -0.25) is 4.57 Å². The van der Waals surface area contributed by atoms with Crippen molar-refractivity contribution in [3.05, 3.63) is 30.3 Å². The number of ether oxygens (including phenoxy) is 1. The minimum atomic E-state index is -2.64. The highest BCUT2D eigenvalue weighted by atomic mass is 31.1. The first-order valence-electron chi connectivity index (χ1n) is 5.35. The second kappa shape index (κ2) is 10.3. The average Bonchev–Trinajstić information content (AvgIpc) is 2.28. The molecule has 0 bridgehead atoms. The molecule has 2 atom stereocenters. The molecular weight excluding hydrogens is 241 g/mol. The zero-order chi connectivity index (χ0) is 13.1. The van der Waals surface area contributed by atoms with Gasteiger partial charge in [-0.2, -0.15) is 0 Å². The van der Waals surface area contributed by atoms with Crippen LogP contribution in [-0.2, 0) is 9.09 Å². The summed E-state index contributed by atoms with van der Waals surface area (Å²) in [5, 5.41) is 0. The number of hydrogen-bond donors (Lipinski definition) is 2. The van der Waals surface area contributed by atoms with Crippen molar-refractivity contribution in [1.82, 2.24) is 0 Å². The van der Waals surface area contributed by atoms with Gasteiger partial charge in [-0.25, -0.2) is 0 Å². The summed E-state index contributed by atoms with van der Waals surface area (Å²) in [5.74, 6) is 0.879. The molecule has 98 valence electrons. The lowest BCUT2D eigenvalue weighted by molar-refractivity contribution is 0.296. The molecule has 0 radical (unpaired) electrons. The number of hydrogen-bond acceptors (Lipinski definition) is 4. The van der Waals surface area contributed by atoms with Crippen LogP contribution in [0.1, 0.15) is 13.8 Å². The Labute approximate surface area is 103 Å². The zero-order valence-corrected chi connectivity index (χ0v) is 11.1. The summed E-state index contributed by atoms with van der Waals surface area (Å²) in [6.07, 6.45) is 0. The van der Waals surface area contributed by atoms with E-state index in [0.29, 0.717) is 13.2 Å². The van der Waals surface area contributed by atoms with E-state index in [1.54, 1.807) is 6.92 Å². The highest BCUT2D eigenvalue weighted by molar-refractivity contribution is 7.32. The van der Waals surface area contributed by atoms with Crippen molar-refractivity contribution in [3.63, 3.8) is 0 Å². The van der Waals surface area contributed by atoms with E-state index in [4.69, 9.17) is 15.4 Å². The lowest BCUT2D eigenvalue weighted by Gasteiger charge is -2.07. The van der Waals surface area contributed by atoms with Crippen LogP contribution < -0.4 is 10.5 Å². The highest BCUT2D eigenvalue weighted by Crippen LogP contribution is 2.12. The Hall–Kier alpha value is -0.870. The molecule has 0 spiro atoms. The molecule has 0 heterocycles. The van der Waals surface area contributed by atoms with Crippen LogP contribution in [0, 0.1) is 0 Å². The van der Waals surface area contributed by atoms with Crippen molar-refractivity contribution in [2.75, 3.05) is 13.2 Å². The Kier molecular flexibility index (Phi) is 9.77. The van der Waals surface area contributed by atoms with Crippen molar-refractivity contribution in [1.29, 1.82) is 0 Å². The molecule has 17 heavy (non-hydrogen) atoms. The minimum absolute atomic E-state index is 0.0928. The molecule has 0 saturated carbocycles. The van der Waals surface area contributed by atoms with E-state index >= 15 is 0 Å². The van der Waals surface area contributed by atoms with Crippen molar-refractivity contribution < 1.29 is 18.7 Å². The Balaban J connectivity index is 0.000000366. The topological polar surface area (TPSA) is 81.8 Å². The van der Waals surface area contributed by atoms with Gasteiger partial charge in [0.25, 0.3) is 0 Å². The Morgan fingerprint density at radius 1 is 1.41 bits per heavy atom. The molecule has 1 rings (SSSR count). The molecule has 2 unspecified atom stereocenters. The van der Waals surface area contributed by atoms with Gasteiger partial charge in [-0.05, 0) is 26.0 Å². The molecule has 0 amide bonds. The zero-order valence-electron chi connectivity index (χ0n) is 10.1. The SMILES string of the molecule is CC(N)COc1ccccc1.CCO[PH](=O)O. The molecule has 0 aliphatic carbocycles. The standard InChI is InChI=1S/C9H13NO.C2H7O3P/c1-8(10)7-11-9-5-3-2-4-6-9;1-2-5-6(3)4/h2-6,8H,7,10H2,1H3;6H,2H2,1H3,(H,3,4). The minimum Gasteiger partial charge on any atom is -0.492 e. The van der Waals surface area contributed by atoms with Crippen molar-refractivity contribution in [3.8, 4) is 5.75 Å². The molecule has 1 aromatic carbocycles. The van der Waals surface area contributed by atoms with E-state index in [2.05, 4.69) is 4.52 Å². The van der Waals surface area contributed by atoms with Crippen LogP contribution in [0.2, 0.25) is 0 Å². The third-order valence-electron chi connectivity index (χ3n) is 1.52. The number of nitrogens with two attached hydrogens (primary N) is 1. The molecule has 6 heteroatoms. The maximum absolute atomic E-state index is 9.56. The van der Waals surface area contributed by atoms with Gasteiger partial charge in [0, 0.05) is 6.04 Å². The van der Waals surface area contributed by atoms with Crippen LogP contribution >= 0.6 is 8.25 Å². The van der Waals surface area contributed by atoms with Crippen LogP contribution in [0.3, 0.4) is 0 Å². The number of rotatable bonds is 5. The van der Waals surface area contributed by atoms with Crippen LogP contribution in [-0.4, -0.2) is 24.1 Å². The third kappa shape index (κ3) is 11.4. The maximum atomic E-state index is 9.56. The summed E-state index contributed by atoms with van der Waals surface area (Å²) >= 11 is 0. The quantitative estimate of drug-likeness (QED) is 0.790. The van der Waals surface area contributed by atoms with E-state index in [9.17, 15) is 4.57 Å². The normalized spacial score (nSPS) is 13.2. The predicted molar refractivity (Wildman–Crippen MR) is 68.4 cm³/mol. The van der Waals surface area contributed by atoms with Crippen molar-refractivity contribution in [2.45, 2.75) is 19.9 Å². The lowest BCUT2D eigenvalue weighted by atomic mass is 10.3. The molecule has 0 aliphatic rings. The summed E-state index contributed by atoms with van der Waals surface area (Å²) in [4.78, 5) is 7.88. The fraction of sp³-hybridized carbons (Fsp3) is 0.455. The van der Waals surface area contributed by atoms with Gasteiger partial charge >= 0.3 is 8.25 Å². The Bertz CT molecular complexity index is 306. The van der Waals surface area contributed by atoms with E-state index in [1.807, 2.05) is 37.3 Å². The highest BCUT2D eigenvalue weighted by Gasteiger charge is 1.94. The van der Waals surface area contributed by atoms with Gasteiger partial charge in [0.05, 0.1) is 6.61 Å². The van der Waals surface area contributed by atoms with E-state index in [1.165, 1.54) is 0 Å². The van der Waals surface area contributed by atoms with Gasteiger partial charge in [-0.15, -0.1) is 0 Å². The fourth-order valence-corrected chi connectivity index (χ4v) is 1.11. The molecule has 5 nitrogen and oxygen atoms in total. The van der Waals surface area contributed by atoms with Crippen molar-refractivity contribution in [2.24, 2.45) is 5.73 Å². The monoisotopic (exact) mass is 261 g/mol. The fourth-order valence-electron chi connectivity index (χ4n) is 0.868. The van der Waals surface area contributed by atoms with E-state index < -0.39 is 8.25 Å². The summed E-state index contributed by atoms with van der Waals surface area (Å²) in [5.41, 5.74) is 5.52. The molecule has 0 fully saturated rings. The second-order valence-electron chi connectivity index (χ2n) is 3.30.